The van der Waals surface area contributed by atoms with Gasteiger partial charge >= 0.3 is 0 Å². The zero-order chi connectivity index (χ0) is 29.6. The minimum Gasteiger partial charge on any atom is -0.487 e. The molecule has 1 aliphatic heterocycles. The molecule has 0 radical (unpaired) electrons. The van der Waals surface area contributed by atoms with Gasteiger partial charge in [-0.15, -0.1) is 0 Å². The summed E-state index contributed by atoms with van der Waals surface area (Å²) < 4.78 is 6.06. The van der Waals surface area contributed by atoms with Gasteiger partial charge in [-0.1, -0.05) is 106 Å². The number of benzene rings is 3. The third-order valence-corrected chi connectivity index (χ3v) is 9.03. The van der Waals surface area contributed by atoms with Crippen LogP contribution >= 0.6 is 11.6 Å². The molecule has 0 atom stereocenters. The Morgan fingerprint density at radius 3 is 1.79 bits per heavy atom. The minimum absolute atomic E-state index is 0.119. The monoisotopic (exact) mass is 579 g/mol. The van der Waals surface area contributed by atoms with E-state index in [0.717, 1.165) is 52.1 Å². The maximum atomic E-state index is 14.1. The van der Waals surface area contributed by atoms with E-state index in [0.29, 0.717) is 36.8 Å². The van der Waals surface area contributed by atoms with Crippen molar-refractivity contribution < 1.29 is 14.3 Å². The fraction of sp³-hybridized carbons (Fsp3) is 0.351. The molecule has 0 fully saturated rings. The first-order valence-electron chi connectivity index (χ1n) is 14.8. The highest BCUT2D eigenvalue weighted by Gasteiger charge is 2.49. The van der Waals surface area contributed by atoms with Crippen LogP contribution < -0.4 is 4.74 Å². The Bertz CT molecular complexity index is 1550. The van der Waals surface area contributed by atoms with Crippen LogP contribution in [0.25, 0.3) is 0 Å². The fourth-order valence-corrected chi connectivity index (χ4v) is 7.13. The molecule has 3 aliphatic rings. The van der Waals surface area contributed by atoms with Crippen molar-refractivity contribution in [3.8, 4) is 5.75 Å². The van der Waals surface area contributed by atoms with Gasteiger partial charge in [0.25, 0.3) is 0 Å². The van der Waals surface area contributed by atoms with Crippen LogP contribution in [-0.4, -0.2) is 16.5 Å². The second-order valence-electron chi connectivity index (χ2n) is 13.6. The van der Waals surface area contributed by atoms with E-state index < -0.39 is 5.92 Å². The Hall–Kier alpha value is -3.63. The molecule has 0 amide bonds. The number of rotatable bonds is 6. The van der Waals surface area contributed by atoms with E-state index >= 15 is 0 Å². The molecule has 4 nitrogen and oxygen atoms in total. The molecular formula is C37H38ClNO3. The summed E-state index contributed by atoms with van der Waals surface area (Å²) in [5.41, 5.74) is 6.35. The van der Waals surface area contributed by atoms with Crippen molar-refractivity contribution in [2.75, 3.05) is 0 Å². The first kappa shape index (κ1) is 28.5. The zero-order valence-electron chi connectivity index (χ0n) is 24.9. The molecule has 0 aromatic heterocycles. The van der Waals surface area contributed by atoms with Gasteiger partial charge in [-0.25, -0.2) is 0 Å². The molecule has 0 spiro atoms. The zero-order valence-corrected chi connectivity index (χ0v) is 25.6. The molecular weight excluding hydrogens is 542 g/mol. The van der Waals surface area contributed by atoms with E-state index in [1.54, 1.807) is 0 Å². The van der Waals surface area contributed by atoms with Crippen molar-refractivity contribution in [1.82, 2.24) is 4.90 Å². The Balaban J connectivity index is 1.47. The summed E-state index contributed by atoms with van der Waals surface area (Å²) in [5, 5.41) is 0.478. The molecule has 6 rings (SSSR count). The van der Waals surface area contributed by atoms with Crippen LogP contribution in [0.2, 0.25) is 5.02 Å². The Morgan fingerprint density at radius 1 is 0.738 bits per heavy atom. The van der Waals surface area contributed by atoms with Gasteiger partial charge in [0.2, 0.25) is 0 Å². The van der Waals surface area contributed by atoms with Crippen LogP contribution in [0, 0.1) is 10.8 Å². The van der Waals surface area contributed by atoms with Crippen LogP contribution in [0.5, 0.6) is 5.75 Å². The summed E-state index contributed by atoms with van der Waals surface area (Å²) in [6, 6.07) is 26.1. The molecule has 3 aromatic rings. The maximum Gasteiger partial charge on any atom is 0.162 e. The number of halogens is 1. The quantitative estimate of drug-likeness (QED) is 0.293. The smallest absolute Gasteiger partial charge is 0.162 e. The number of carbonyl (C=O) groups is 2. The molecule has 42 heavy (non-hydrogen) atoms. The second-order valence-corrected chi connectivity index (χ2v) is 14.0. The van der Waals surface area contributed by atoms with Gasteiger partial charge in [0.15, 0.2) is 11.6 Å². The number of carbonyl (C=O) groups excluding carboxylic acids is 2. The molecule has 216 valence electrons. The van der Waals surface area contributed by atoms with Crippen molar-refractivity contribution >= 4 is 23.2 Å². The van der Waals surface area contributed by atoms with Crippen LogP contribution in [0.1, 0.15) is 76.0 Å². The highest BCUT2D eigenvalue weighted by molar-refractivity contribution is 6.32. The van der Waals surface area contributed by atoms with Crippen molar-refractivity contribution in [2.24, 2.45) is 10.8 Å². The van der Waals surface area contributed by atoms with Gasteiger partial charge in [0, 0.05) is 47.8 Å². The van der Waals surface area contributed by atoms with Crippen LogP contribution in [0.15, 0.2) is 101 Å². The van der Waals surface area contributed by atoms with E-state index in [4.69, 9.17) is 16.3 Å². The predicted molar refractivity (Wildman–Crippen MR) is 167 cm³/mol. The average molecular weight is 580 g/mol. The number of hydrogen-bond acceptors (Lipinski definition) is 4. The predicted octanol–water partition coefficient (Wildman–Crippen LogP) is 8.80. The number of allylic oxidation sites excluding steroid dienone is 4. The van der Waals surface area contributed by atoms with Crippen LogP contribution in [0.3, 0.4) is 0 Å². The minimum atomic E-state index is -0.435. The van der Waals surface area contributed by atoms with Gasteiger partial charge in [-0.3, -0.25) is 9.59 Å². The first-order valence-corrected chi connectivity index (χ1v) is 15.2. The second kappa shape index (κ2) is 10.9. The Labute approximate surface area is 254 Å². The molecule has 0 N–H and O–H groups in total. The molecule has 0 bridgehead atoms. The number of hydrogen-bond donors (Lipinski definition) is 0. The van der Waals surface area contributed by atoms with Crippen LogP contribution in [0.4, 0.5) is 0 Å². The fourth-order valence-electron chi connectivity index (χ4n) is 6.89. The lowest BCUT2D eigenvalue weighted by atomic mass is 9.63. The summed E-state index contributed by atoms with van der Waals surface area (Å²) in [6.07, 6.45) is 2.45. The van der Waals surface area contributed by atoms with Crippen molar-refractivity contribution in [1.29, 1.82) is 0 Å². The number of nitrogens with zero attached hydrogens (tertiary/aromatic N) is 1. The normalized spacial score (nSPS) is 20.0. The molecule has 3 aromatic carbocycles. The summed E-state index contributed by atoms with van der Waals surface area (Å²) in [4.78, 5) is 30.5. The van der Waals surface area contributed by atoms with E-state index in [-0.39, 0.29) is 22.4 Å². The number of ether oxygens (including phenoxy) is 1. The van der Waals surface area contributed by atoms with Crippen molar-refractivity contribution in [2.45, 2.75) is 72.4 Å². The first-order chi connectivity index (χ1) is 20.0. The van der Waals surface area contributed by atoms with E-state index in [9.17, 15) is 9.59 Å². The van der Waals surface area contributed by atoms with Crippen molar-refractivity contribution in [3.63, 3.8) is 0 Å². The lowest BCUT2D eigenvalue weighted by Gasteiger charge is -2.49. The summed E-state index contributed by atoms with van der Waals surface area (Å²) in [7, 11) is 0. The van der Waals surface area contributed by atoms with Gasteiger partial charge in [0.05, 0.1) is 5.02 Å². The van der Waals surface area contributed by atoms with Crippen LogP contribution in [-0.2, 0) is 22.7 Å². The van der Waals surface area contributed by atoms with E-state index in [1.807, 2.05) is 66.7 Å². The van der Waals surface area contributed by atoms with Gasteiger partial charge in [-0.2, -0.15) is 0 Å². The number of ketones is 2. The lowest BCUT2D eigenvalue weighted by Crippen LogP contribution is -2.44. The summed E-state index contributed by atoms with van der Waals surface area (Å²) >= 11 is 6.83. The highest BCUT2D eigenvalue weighted by Crippen LogP contribution is 2.55. The standard InChI is InChI=1S/C37H38ClNO3/c1-36(2)18-28-34(30(40)20-36)33(26-15-16-32(27(38)17-26)42-23-25-13-9-6-10-14-25)35-29(19-37(3,4)21-31(35)41)39(28)22-24-11-7-5-8-12-24/h5-17,33H,18-23H2,1-4H3. The number of Topliss-reactive ketones (excluding diaryl/α,β-unsaturated/α-hetero) is 2. The average Bonchev–Trinajstić information content (AvgIpc) is 2.93. The Morgan fingerprint density at radius 2 is 1.26 bits per heavy atom. The molecule has 2 aliphatic carbocycles. The van der Waals surface area contributed by atoms with Gasteiger partial charge < -0.3 is 9.64 Å². The molecule has 0 saturated carbocycles. The SMILES string of the molecule is CC1(C)CC(=O)C2=C(C1)N(Cc1ccccc1)C1=C(C(=O)CC(C)(C)C1)C2c1ccc(OCc2ccccc2)c(Cl)c1. The molecule has 5 heteroatoms. The van der Waals surface area contributed by atoms with Gasteiger partial charge in [-0.05, 0) is 52.5 Å². The Kier molecular flexibility index (Phi) is 7.39. The van der Waals surface area contributed by atoms with E-state index in [1.165, 1.54) is 0 Å². The molecule has 0 unspecified atom stereocenters. The van der Waals surface area contributed by atoms with Gasteiger partial charge in [0.1, 0.15) is 12.4 Å². The third kappa shape index (κ3) is 5.57. The van der Waals surface area contributed by atoms with E-state index in [2.05, 4.69) is 44.7 Å². The highest BCUT2D eigenvalue weighted by atomic mass is 35.5. The maximum absolute atomic E-state index is 14.1. The summed E-state index contributed by atoms with van der Waals surface area (Å²) in [6.45, 7) is 9.70. The molecule has 0 saturated heterocycles. The van der Waals surface area contributed by atoms with Crippen molar-refractivity contribution in [3.05, 3.63) is 123 Å². The topological polar surface area (TPSA) is 46.6 Å². The summed E-state index contributed by atoms with van der Waals surface area (Å²) in [5.74, 6) is 0.388. The largest absolute Gasteiger partial charge is 0.487 e. The lowest BCUT2D eigenvalue weighted by molar-refractivity contribution is -0.119. The molecule has 1 heterocycles. The third-order valence-electron chi connectivity index (χ3n) is 8.73.